The number of aromatic nitrogens is 1. The fourth-order valence-electron chi connectivity index (χ4n) is 3.45. The summed E-state index contributed by atoms with van der Waals surface area (Å²) in [5.41, 5.74) is 0. The van der Waals surface area contributed by atoms with Gasteiger partial charge in [-0.1, -0.05) is 31.0 Å². The number of carbonyl (C=O) groups excluding carboxylic acids is 2. The molecule has 3 amide bonds. The van der Waals surface area contributed by atoms with E-state index in [2.05, 4.69) is 15.6 Å². The van der Waals surface area contributed by atoms with Crippen LogP contribution in [0.3, 0.4) is 0 Å². The summed E-state index contributed by atoms with van der Waals surface area (Å²) in [6.07, 6.45) is 8.25. The van der Waals surface area contributed by atoms with Crippen LogP contribution in [0.1, 0.15) is 44.9 Å². The van der Waals surface area contributed by atoms with Crippen LogP contribution in [0, 0.1) is 0 Å². The fraction of sp³-hybridized carbons (Fsp3) is 0.611. The summed E-state index contributed by atoms with van der Waals surface area (Å²) < 4.78 is 26.7. The van der Waals surface area contributed by atoms with Crippen LogP contribution in [0.2, 0.25) is 0 Å². The topological polar surface area (TPSA) is 108 Å². The van der Waals surface area contributed by atoms with E-state index in [1.807, 2.05) is 0 Å². The van der Waals surface area contributed by atoms with E-state index in [0.29, 0.717) is 18.1 Å². The Balaban J connectivity index is 1.47. The highest BCUT2D eigenvalue weighted by Gasteiger charge is 2.26. The molecule has 10 heteroatoms. The first-order chi connectivity index (χ1) is 13.4. The second-order valence-corrected chi connectivity index (χ2v) is 10.0. The Morgan fingerprint density at radius 2 is 1.82 bits per heavy atom. The lowest BCUT2D eigenvalue weighted by atomic mass is 10.2. The third kappa shape index (κ3) is 5.68. The molecule has 8 nitrogen and oxygen atoms in total. The summed E-state index contributed by atoms with van der Waals surface area (Å²) in [5, 5.41) is 5.64. The van der Waals surface area contributed by atoms with E-state index in [1.54, 1.807) is 6.07 Å². The molecule has 2 heterocycles. The monoisotopic (exact) mass is 426 g/mol. The first kappa shape index (κ1) is 21.1. The van der Waals surface area contributed by atoms with Gasteiger partial charge in [0.05, 0.1) is 10.8 Å². The van der Waals surface area contributed by atoms with Gasteiger partial charge in [-0.3, -0.25) is 10.1 Å². The molecule has 28 heavy (non-hydrogen) atoms. The van der Waals surface area contributed by atoms with Crippen molar-refractivity contribution in [2.24, 2.45) is 0 Å². The molecule has 2 aliphatic rings. The van der Waals surface area contributed by atoms with E-state index < -0.39 is 22.0 Å². The molecular formula is C18H26N4O4S2. The maximum absolute atomic E-state index is 12.6. The van der Waals surface area contributed by atoms with Gasteiger partial charge in [0.25, 0.3) is 0 Å². The number of amides is 3. The summed E-state index contributed by atoms with van der Waals surface area (Å²) >= 11 is 1.16. The highest BCUT2D eigenvalue weighted by Crippen LogP contribution is 2.22. The number of thioether (sulfide) groups is 1. The number of pyridine rings is 1. The molecule has 0 bridgehead atoms. The van der Waals surface area contributed by atoms with Crippen molar-refractivity contribution in [1.82, 2.24) is 19.9 Å². The molecule has 0 spiro atoms. The minimum atomic E-state index is -3.51. The third-order valence-electron chi connectivity index (χ3n) is 4.96. The minimum absolute atomic E-state index is 0.0311. The number of rotatable bonds is 6. The average molecular weight is 427 g/mol. The Morgan fingerprint density at radius 3 is 2.46 bits per heavy atom. The Labute approximate surface area is 169 Å². The van der Waals surface area contributed by atoms with Crippen molar-refractivity contribution in [3.05, 3.63) is 18.3 Å². The van der Waals surface area contributed by atoms with Crippen LogP contribution in [0.5, 0.6) is 0 Å². The zero-order chi connectivity index (χ0) is 20.0. The number of nitrogens with zero attached hydrogens (tertiary/aromatic N) is 2. The summed E-state index contributed by atoms with van der Waals surface area (Å²) in [5.74, 6) is -0.379. The standard InChI is InChI=1S/C18H26N4O4S2/c23-16(21-18(24)20-14-6-2-3-7-14)13-27-17-9-8-15(12-19-17)28(25,26)22-10-4-1-5-11-22/h8-9,12,14H,1-7,10-11,13H2,(H2,20,21,23,24). The van der Waals surface area contributed by atoms with Gasteiger partial charge in [0.2, 0.25) is 15.9 Å². The Morgan fingerprint density at radius 1 is 1.11 bits per heavy atom. The van der Waals surface area contributed by atoms with Gasteiger partial charge in [0.1, 0.15) is 4.90 Å². The van der Waals surface area contributed by atoms with E-state index in [4.69, 9.17) is 0 Å². The van der Waals surface area contributed by atoms with E-state index in [0.717, 1.165) is 56.7 Å². The van der Waals surface area contributed by atoms with Crippen molar-refractivity contribution < 1.29 is 18.0 Å². The van der Waals surface area contributed by atoms with Gasteiger partial charge in [-0.15, -0.1) is 0 Å². The van der Waals surface area contributed by atoms with Crippen molar-refractivity contribution in [2.75, 3.05) is 18.8 Å². The summed E-state index contributed by atoms with van der Waals surface area (Å²) in [6, 6.07) is 2.79. The van der Waals surface area contributed by atoms with E-state index in [-0.39, 0.29) is 16.7 Å². The number of sulfonamides is 1. The molecule has 1 aromatic rings. The molecule has 0 radical (unpaired) electrons. The van der Waals surface area contributed by atoms with Gasteiger partial charge < -0.3 is 5.32 Å². The van der Waals surface area contributed by atoms with Crippen LogP contribution >= 0.6 is 11.8 Å². The van der Waals surface area contributed by atoms with Crippen LogP contribution in [-0.4, -0.2) is 54.5 Å². The van der Waals surface area contributed by atoms with Crippen LogP contribution in [0.25, 0.3) is 0 Å². The maximum Gasteiger partial charge on any atom is 0.321 e. The highest BCUT2D eigenvalue weighted by atomic mass is 32.2. The summed E-state index contributed by atoms with van der Waals surface area (Å²) in [4.78, 5) is 28.0. The van der Waals surface area contributed by atoms with Gasteiger partial charge in [0.15, 0.2) is 0 Å². The second-order valence-electron chi connectivity index (χ2n) is 7.09. The van der Waals surface area contributed by atoms with Gasteiger partial charge in [-0.05, 0) is 37.8 Å². The molecular weight excluding hydrogens is 400 g/mol. The lowest BCUT2D eigenvalue weighted by molar-refractivity contribution is -0.117. The largest absolute Gasteiger partial charge is 0.335 e. The summed E-state index contributed by atoms with van der Waals surface area (Å²) in [7, 11) is -3.51. The zero-order valence-electron chi connectivity index (χ0n) is 15.7. The quantitative estimate of drug-likeness (QED) is 0.675. The number of hydrogen-bond donors (Lipinski definition) is 2. The van der Waals surface area contributed by atoms with Crippen LogP contribution < -0.4 is 10.6 Å². The van der Waals surface area contributed by atoms with Crippen LogP contribution in [0.4, 0.5) is 4.79 Å². The Hall–Kier alpha value is -1.65. The molecule has 2 fully saturated rings. The molecule has 0 atom stereocenters. The molecule has 1 saturated heterocycles. The first-order valence-electron chi connectivity index (χ1n) is 9.64. The average Bonchev–Trinajstić information content (AvgIpc) is 3.20. The lowest BCUT2D eigenvalue weighted by Gasteiger charge is -2.25. The molecule has 0 unspecified atom stereocenters. The maximum atomic E-state index is 12.6. The predicted octanol–water partition coefficient (Wildman–Crippen LogP) is 2.12. The molecule has 1 aliphatic heterocycles. The number of imide groups is 1. The van der Waals surface area contributed by atoms with Crippen molar-refractivity contribution in [3.8, 4) is 0 Å². The molecule has 2 N–H and O–H groups in total. The van der Waals surface area contributed by atoms with Gasteiger partial charge >= 0.3 is 6.03 Å². The van der Waals surface area contributed by atoms with Crippen molar-refractivity contribution in [1.29, 1.82) is 0 Å². The van der Waals surface area contributed by atoms with E-state index in [9.17, 15) is 18.0 Å². The predicted molar refractivity (Wildman–Crippen MR) is 107 cm³/mol. The SMILES string of the molecule is O=C(CSc1ccc(S(=O)(=O)N2CCCCC2)cn1)NC(=O)NC1CCCC1. The third-order valence-corrected chi connectivity index (χ3v) is 7.78. The summed E-state index contributed by atoms with van der Waals surface area (Å²) in [6.45, 7) is 1.09. The lowest BCUT2D eigenvalue weighted by Crippen LogP contribution is -2.44. The molecule has 1 aromatic heterocycles. The smallest absolute Gasteiger partial charge is 0.321 e. The molecule has 1 saturated carbocycles. The zero-order valence-corrected chi connectivity index (χ0v) is 17.4. The Kier molecular flexibility index (Phi) is 7.30. The van der Waals surface area contributed by atoms with Crippen LogP contribution in [0.15, 0.2) is 28.3 Å². The van der Waals surface area contributed by atoms with E-state index in [1.165, 1.54) is 16.6 Å². The molecule has 1 aliphatic carbocycles. The second kappa shape index (κ2) is 9.71. The minimum Gasteiger partial charge on any atom is -0.335 e. The van der Waals surface area contributed by atoms with Crippen molar-refractivity contribution >= 4 is 33.7 Å². The number of hydrogen-bond acceptors (Lipinski definition) is 6. The van der Waals surface area contributed by atoms with Gasteiger partial charge in [-0.2, -0.15) is 4.31 Å². The Bertz CT molecular complexity index is 786. The van der Waals surface area contributed by atoms with E-state index >= 15 is 0 Å². The number of urea groups is 1. The normalized spacial score (nSPS) is 18.7. The molecule has 3 rings (SSSR count). The number of carbonyl (C=O) groups is 2. The molecule has 154 valence electrons. The first-order valence-corrected chi connectivity index (χ1v) is 12.1. The number of piperidine rings is 1. The van der Waals surface area contributed by atoms with Gasteiger partial charge in [0, 0.05) is 25.3 Å². The molecule has 0 aromatic carbocycles. The van der Waals surface area contributed by atoms with Crippen molar-refractivity contribution in [2.45, 2.75) is 60.9 Å². The van der Waals surface area contributed by atoms with Crippen molar-refractivity contribution in [3.63, 3.8) is 0 Å². The van der Waals surface area contributed by atoms with Gasteiger partial charge in [-0.25, -0.2) is 18.2 Å². The highest BCUT2D eigenvalue weighted by molar-refractivity contribution is 7.99. The number of nitrogens with one attached hydrogen (secondary N) is 2. The van der Waals surface area contributed by atoms with Crippen LogP contribution in [-0.2, 0) is 14.8 Å². The fourth-order valence-corrected chi connectivity index (χ4v) is 5.56.